The van der Waals surface area contributed by atoms with Crippen LogP contribution in [-0.4, -0.2) is 12.2 Å². The number of hydrogen-bond donors (Lipinski definition) is 0. The Bertz CT molecular complexity index is 120. The van der Waals surface area contributed by atoms with E-state index in [9.17, 15) is 0 Å². The first-order valence-corrected chi connectivity index (χ1v) is 4.61. The molecule has 1 aliphatic rings. The molecule has 1 heterocycles. The maximum atomic E-state index is 5.30. The molecule has 1 rings (SSSR count). The summed E-state index contributed by atoms with van der Waals surface area (Å²) in [5.41, 5.74) is 0. The van der Waals surface area contributed by atoms with Gasteiger partial charge in [0.15, 0.2) is 0 Å². The van der Waals surface area contributed by atoms with E-state index in [0.29, 0.717) is 12.2 Å². The largest absolute Gasteiger partial charge is 0.370 e. The molecular formula is C10H18O. The van der Waals surface area contributed by atoms with Crippen LogP contribution in [0.4, 0.5) is 0 Å². The fourth-order valence-corrected chi connectivity index (χ4v) is 1.34. The van der Waals surface area contributed by atoms with Crippen LogP contribution in [-0.2, 0) is 4.74 Å². The molecule has 0 bridgehead atoms. The highest BCUT2D eigenvalue weighted by Crippen LogP contribution is 2.26. The van der Waals surface area contributed by atoms with E-state index in [2.05, 4.69) is 13.5 Å². The molecule has 0 saturated carbocycles. The lowest BCUT2D eigenvalue weighted by Crippen LogP contribution is -1.88. The zero-order valence-corrected chi connectivity index (χ0v) is 7.38. The van der Waals surface area contributed by atoms with Crippen LogP contribution in [0.15, 0.2) is 12.7 Å². The van der Waals surface area contributed by atoms with Crippen molar-refractivity contribution in [3.63, 3.8) is 0 Å². The Kier molecular flexibility index (Phi) is 3.64. The first-order valence-electron chi connectivity index (χ1n) is 4.61. The Labute approximate surface area is 69.4 Å². The van der Waals surface area contributed by atoms with Gasteiger partial charge < -0.3 is 4.74 Å². The summed E-state index contributed by atoms with van der Waals surface area (Å²) in [4.78, 5) is 0. The van der Waals surface area contributed by atoms with Crippen molar-refractivity contribution in [2.75, 3.05) is 0 Å². The van der Waals surface area contributed by atoms with Gasteiger partial charge in [-0.05, 0) is 26.2 Å². The van der Waals surface area contributed by atoms with E-state index in [-0.39, 0.29) is 0 Å². The number of ether oxygens (including phenoxy) is 1. The number of hydrogen-bond acceptors (Lipinski definition) is 1. The van der Waals surface area contributed by atoms with Crippen molar-refractivity contribution < 1.29 is 4.74 Å². The molecule has 1 aliphatic heterocycles. The Balaban J connectivity index is 1.78. The average molecular weight is 154 g/mol. The normalized spacial score (nSPS) is 28.5. The molecule has 1 fully saturated rings. The molecule has 0 N–H and O–H groups in total. The lowest BCUT2D eigenvalue weighted by atomic mass is 10.1. The van der Waals surface area contributed by atoms with Crippen LogP contribution in [0.3, 0.4) is 0 Å². The number of unbranched alkanes of at least 4 members (excludes halogenated alkanes) is 3. The minimum absolute atomic E-state index is 0.550. The van der Waals surface area contributed by atoms with Crippen molar-refractivity contribution in [3.8, 4) is 0 Å². The predicted molar refractivity (Wildman–Crippen MR) is 47.6 cm³/mol. The summed E-state index contributed by atoms with van der Waals surface area (Å²) in [6.45, 7) is 5.84. The van der Waals surface area contributed by atoms with Gasteiger partial charge in [0.2, 0.25) is 0 Å². The molecule has 2 unspecified atom stereocenters. The molecule has 64 valence electrons. The molecule has 11 heavy (non-hydrogen) atoms. The molecule has 0 spiro atoms. The molecule has 0 radical (unpaired) electrons. The van der Waals surface area contributed by atoms with E-state index in [1.807, 2.05) is 6.08 Å². The first kappa shape index (κ1) is 8.79. The summed E-state index contributed by atoms with van der Waals surface area (Å²) in [6.07, 6.45) is 9.52. The van der Waals surface area contributed by atoms with Gasteiger partial charge in [-0.1, -0.05) is 18.9 Å². The van der Waals surface area contributed by atoms with Crippen LogP contribution in [0.5, 0.6) is 0 Å². The second kappa shape index (κ2) is 4.55. The molecule has 0 aromatic heterocycles. The summed E-state index contributed by atoms with van der Waals surface area (Å²) < 4.78 is 5.30. The van der Waals surface area contributed by atoms with Gasteiger partial charge in [0.25, 0.3) is 0 Å². The van der Waals surface area contributed by atoms with E-state index in [0.717, 1.165) is 0 Å². The Morgan fingerprint density at radius 1 is 1.36 bits per heavy atom. The van der Waals surface area contributed by atoms with E-state index >= 15 is 0 Å². The van der Waals surface area contributed by atoms with Crippen molar-refractivity contribution >= 4 is 0 Å². The Hall–Kier alpha value is -0.300. The van der Waals surface area contributed by atoms with Crippen LogP contribution in [0.2, 0.25) is 0 Å². The van der Waals surface area contributed by atoms with Crippen LogP contribution in [0.1, 0.15) is 39.0 Å². The fraction of sp³-hybridized carbons (Fsp3) is 0.800. The number of rotatable bonds is 6. The predicted octanol–water partition coefficient (Wildman–Crippen LogP) is 2.91. The Morgan fingerprint density at radius 2 is 2.09 bits per heavy atom. The maximum Gasteiger partial charge on any atom is 0.0839 e. The molecule has 0 aliphatic carbocycles. The highest BCUT2D eigenvalue weighted by Gasteiger charge is 2.32. The molecule has 0 aromatic carbocycles. The summed E-state index contributed by atoms with van der Waals surface area (Å²) >= 11 is 0. The van der Waals surface area contributed by atoms with Crippen molar-refractivity contribution in [3.05, 3.63) is 12.7 Å². The SMILES string of the molecule is C=CCCCCCC1OC1C. The quantitative estimate of drug-likeness (QED) is 0.325. The highest BCUT2D eigenvalue weighted by atomic mass is 16.6. The van der Waals surface area contributed by atoms with Gasteiger partial charge >= 0.3 is 0 Å². The van der Waals surface area contributed by atoms with Gasteiger partial charge in [0, 0.05) is 0 Å². The van der Waals surface area contributed by atoms with Gasteiger partial charge in [-0.25, -0.2) is 0 Å². The van der Waals surface area contributed by atoms with Gasteiger partial charge in [-0.15, -0.1) is 6.58 Å². The summed E-state index contributed by atoms with van der Waals surface area (Å²) in [6, 6.07) is 0. The molecular weight excluding hydrogens is 136 g/mol. The van der Waals surface area contributed by atoms with Crippen molar-refractivity contribution in [2.24, 2.45) is 0 Å². The van der Waals surface area contributed by atoms with Crippen LogP contribution < -0.4 is 0 Å². The van der Waals surface area contributed by atoms with E-state index in [1.165, 1.54) is 32.1 Å². The third-order valence-corrected chi connectivity index (χ3v) is 2.23. The lowest BCUT2D eigenvalue weighted by Gasteiger charge is -1.95. The zero-order chi connectivity index (χ0) is 8.10. The van der Waals surface area contributed by atoms with Gasteiger partial charge in [0.05, 0.1) is 12.2 Å². The summed E-state index contributed by atoms with van der Waals surface area (Å²) in [5.74, 6) is 0. The summed E-state index contributed by atoms with van der Waals surface area (Å²) in [7, 11) is 0. The van der Waals surface area contributed by atoms with E-state index in [4.69, 9.17) is 4.74 Å². The molecule has 1 saturated heterocycles. The summed E-state index contributed by atoms with van der Waals surface area (Å²) in [5, 5.41) is 0. The minimum atomic E-state index is 0.550. The smallest absolute Gasteiger partial charge is 0.0839 e. The molecule has 1 heteroatoms. The lowest BCUT2D eigenvalue weighted by molar-refractivity contribution is 0.365. The van der Waals surface area contributed by atoms with Crippen molar-refractivity contribution in [1.29, 1.82) is 0 Å². The van der Waals surface area contributed by atoms with E-state index < -0.39 is 0 Å². The van der Waals surface area contributed by atoms with Crippen LogP contribution >= 0.6 is 0 Å². The van der Waals surface area contributed by atoms with Crippen LogP contribution in [0.25, 0.3) is 0 Å². The second-order valence-corrected chi connectivity index (χ2v) is 3.31. The monoisotopic (exact) mass is 154 g/mol. The number of epoxide rings is 1. The second-order valence-electron chi connectivity index (χ2n) is 3.31. The van der Waals surface area contributed by atoms with Crippen molar-refractivity contribution in [1.82, 2.24) is 0 Å². The standard InChI is InChI=1S/C10H18O/c1-3-4-5-6-7-8-10-9(2)11-10/h3,9-10H,1,4-8H2,2H3. The average Bonchev–Trinajstić information content (AvgIpc) is 2.67. The third kappa shape index (κ3) is 3.57. The minimum Gasteiger partial charge on any atom is -0.370 e. The Morgan fingerprint density at radius 3 is 2.64 bits per heavy atom. The molecule has 0 aromatic rings. The highest BCUT2D eigenvalue weighted by molar-refractivity contribution is 4.79. The van der Waals surface area contributed by atoms with Gasteiger partial charge in [-0.3, -0.25) is 0 Å². The third-order valence-electron chi connectivity index (χ3n) is 2.23. The van der Waals surface area contributed by atoms with Gasteiger partial charge in [0.1, 0.15) is 0 Å². The van der Waals surface area contributed by atoms with E-state index in [1.54, 1.807) is 0 Å². The zero-order valence-electron chi connectivity index (χ0n) is 7.38. The molecule has 1 nitrogen and oxygen atoms in total. The first-order chi connectivity index (χ1) is 5.34. The number of allylic oxidation sites excluding steroid dienone is 1. The maximum absolute atomic E-state index is 5.30. The fourth-order valence-electron chi connectivity index (χ4n) is 1.34. The van der Waals surface area contributed by atoms with Crippen LogP contribution in [0, 0.1) is 0 Å². The van der Waals surface area contributed by atoms with Gasteiger partial charge in [-0.2, -0.15) is 0 Å². The molecule has 2 atom stereocenters. The molecule has 0 amide bonds. The topological polar surface area (TPSA) is 12.5 Å². The van der Waals surface area contributed by atoms with Crippen molar-refractivity contribution in [2.45, 2.75) is 51.2 Å².